The summed E-state index contributed by atoms with van der Waals surface area (Å²) in [6, 6.07) is 6.48. The number of halogens is 1. The monoisotopic (exact) mass is 237 g/mol. The summed E-state index contributed by atoms with van der Waals surface area (Å²) >= 11 is 5.82. The molecule has 0 bridgehead atoms. The molecule has 1 aromatic rings. The minimum Gasteiger partial charge on any atom is -0.373 e. The maximum absolute atomic E-state index is 11.3. The second-order valence-electron chi connectivity index (χ2n) is 3.28. The Labute approximate surface area is 99.2 Å². The molecule has 1 amide bonds. The molecule has 16 heavy (non-hydrogen) atoms. The summed E-state index contributed by atoms with van der Waals surface area (Å²) < 4.78 is 0. The van der Waals surface area contributed by atoms with Crippen molar-refractivity contribution in [1.29, 1.82) is 5.26 Å². The quantitative estimate of drug-likeness (QED) is 0.842. The van der Waals surface area contributed by atoms with Crippen LogP contribution in [0.1, 0.15) is 12.5 Å². The molecule has 1 atom stereocenters. The van der Waals surface area contributed by atoms with Crippen molar-refractivity contribution in [3.63, 3.8) is 0 Å². The topological polar surface area (TPSA) is 64.9 Å². The van der Waals surface area contributed by atoms with E-state index in [1.54, 1.807) is 32.2 Å². The van der Waals surface area contributed by atoms with E-state index in [2.05, 4.69) is 10.6 Å². The summed E-state index contributed by atoms with van der Waals surface area (Å²) in [5.41, 5.74) is 1.02. The zero-order chi connectivity index (χ0) is 12.1. The van der Waals surface area contributed by atoms with Gasteiger partial charge in [0.2, 0.25) is 5.91 Å². The van der Waals surface area contributed by atoms with Gasteiger partial charge in [-0.2, -0.15) is 5.26 Å². The van der Waals surface area contributed by atoms with Crippen molar-refractivity contribution in [3.05, 3.63) is 28.8 Å². The number of hydrogen-bond acceptors (Lipinski definition) is 3. The summed E-state index contributed by atoms with van der Waals surface area (Å²) in [5.74, 6) is -0.149. The van der Waals surface area contributed by atoms with Crippen molar-refractivity contribution in [3.8, 4) is 6.07 Å². The van der Waals surface area contributed by atoms with Crippen molar-refractivity contribution in [1.82, 2.24) is 5.32 Å². The predicted octanol–water partition coefficient (Wildman–Crippen LogP) is 1.76. The van der Waals surface area contributed by atoms with Gasteiger partial charge >= 0.3 is 0 Å². The number of benzene rings is 1. The molecule has 2 N–H and O–H groups in total. The third kappa shape index (κ3) is 2.88. The van der Waals surface area contributed by atoms with Crippen LogP contribution in [0.5, 0.6) is 0 Å². The lowest BCUT2D eigenvalue weighted by molar-refractivity contribution is -0.121. The van der Waals surface area contributed by atoms with E-state index in [4.69, 9.17) is 16.9 Å². The summed E-state index contributed by atoms with van der Waals surface area (Å²) in [6.45, 7) is 1.71. The van der Waals surface area contributed by atoms with Gasteiger partial charge in [0.1, 0.15) is 12.1 Å². The molecule has 1 rings (SSSR count). The van der Waals surface area contributed by atoms with Gasteiger partial charge in [0.25, 0.3) is 0 Å². The average Bonchev–Trinajstić information content (AvgIpc) is 2.28. The molecular formula is C11H12ClN3O. The minimum absolute atomic E-state index is 0.149. The largest absolute Gasteiger partial charge is 0.373 e. The lowest BCUT2D eigenvalue weighted by atomic mass is 10.1. The Morgan fingerprint density at radius 1 is 1.56 bits per heavy atom. The third-order valence-electron chi connectivity index (χ3n) is 2.11. The Bertz CT molecular complexity index is 439. The number of amides is 1. The van der Waals surface area contributed by atoms with Gasteiger partial charge in [-0.05, 0) is 25.1 Å². The highest BCUT2D eigenvalue weighted by molar-refractivity contribution is 6.30. The first kappa shape index (κ1) is 12.3. The SMILES string of the molecule is CNC(=O)C(C)Nc1cc(Cl)ccc1C#N. The van der Waals surface area contributed by atoms with Crippen LogP contribution in [0.4, 0.5) is 5.69 Å². The maximum Gasteiger partial charge on any atom is 0.241 e. The van der Waals surface area contributed by atoms with Gasteiger partial charge in [-0.1, -0.05) is 11.6 Å². The molecule has 84 valence electrons. The normalized spacial score (nSPS) is 11.4. The number of nitriles is 1. The van der Waals surface area contributed by atoms with E-state index in [0.29, 0.717) is 16.3 Å². The van der Waals surface area contributed by atoms with Gasteiger partial charge in [0.05, 0.1) is 11.3 Å². The van der Waals surface area contributed by atoms with Crippen LogP contribution in [0.2, 0.25) is 5.02 Å². The molecule has 0 fully saturated rings. The van der Waals surface area contributed by atoms with Gasteiger partial charge in [-0.15, -0.1) is 0 Å². The molecule has 5 heteroatoms. The van der Waals surface area contributed by atoms with Gasteiger partial charge < -0.3 is 10.6 Å². The summed E-state index contributed by atoms with van der Waals surface area (Å²) in [6.07, 6.45) is 0. The lowest BCUT2D eigenvalue weighted by Crippen LogP contribution is -2.35. The Kier molecular flexibility index (Phi) is 4.15. The van der Waals surface area contributed by atoms with Gasteiger partial charge in [-0.25, -0.2) is 0 Å². The highest BCUT2D eigenvalue weighted by Gasteiger charge is 2.12. The number of likely N-dealkylation sites (N-methyl/N-ethyl adjacent to an activating group) is 1. The van der Waals surface area contributed by atoms with Crippen molar-refractivity contribution < 1.29 is 4.79 Å². The van der Waals surface area contributed by atoms with Crippen LogP contribution in [0.15, 0.2) is 18.2 Å². The first-order chi connectivity index (χ1) is 7.58. The highest BCUT2D eigenvalue weighted by atomic mass is 35.5. The van der Waals surface area contributed by atoms with E-state index >= 15 is 0 Å². The molecule has 0 saturated heterocycles. The number of rotatable bonds is 3. The van der Waals surface area contributed by atoms with Crippen molar-refractivity contribution >= 4 is 23.2 Å². The Hall–Kier alpha value is -1.73. The molecule has 0 aliphatic carbocycles. The van der Waals surface area contributed by atoms with E-state index in [9.17, 15) is 4.79 Å². The number of nitrogens with zero attached hydrogens (tertiary/aromatic N) is 1. The number of anilines is 1. The highest BCUT2D eigenvalue weighted by Crippen LogP contribution is 2.20. The molecule has 0 aromatic heterocycles. The third-order valence-corrected chi connectivity index (χ3v) is 2.35. The van der Waals surface area contributed by atoms with Gasteiger partial charge in [0, 0.05) is 12.1 Å². The van der Waals surface area contributed by atoms with Crippen LogP contribution < -0.4 is 10.6 Å². The number of carbonyl (C=O) groups is 1. The molecule has 0 saturated carbocycles. The summed E-state index contributed by atoms with van der Waals surface area (Å²) in [7, 11) is 1.56. The van der Waals surface area contributed by atoms with Crippen LogP contribution in [-0.2, 0) is 4.79 Å². The average molecular weight is 238 g/mol. The van der Waals surface area contributed by atoms with Crippen LogP contribution >= 0.6 is 11.6 Å². The van der Waals surface area contributed by atoms with Crippen LogP contribution in [0, 0.1) is 11.3 Å². The zero-order valence-corrected chi connectivity index (χ0v) is 9.80. The van der Waals surface area contributed by atoms with Crippen molar-refractivity contribution in [2.75, 3.05) is 12.4 Å². The number of carbonyl (C=O) groups excluding carboxylic acids is 1. The first-order valence-corrected chi connectivity index (χ1v) is 5.14. The predicted molar refractivity (Wildman–Crippen MR) is 63.3 cm³/mol. The minimum atomic E-state index is -0.421. The fourth-order valence-electron chi connectivity index (χ4n) is 1.25. The summed E-state index contributed by atoms with van der Waals surface area (Å²) in [4.78, 5) is 11.3. The van der Waals surface area contributed by atoms with Crippen LogP contribution in [-0.4, -0.2) is 19.0 Å². The zero-order valence-electron chi connectivity index (χ0n) is 9.04. The standard InChI is InChI=1S/C11H12ClN3O/c1-7(11(16)14-2)15-10-5-9(12)4-3-8(10)6-13/h3-5,7,15H,1-2H3,(H,14,16). The molecule has 0 aliphatic rings. The molecule has 0 spiro atoms. The van der Waals surface area contributed by atoms with Crippen molar-refractivity contribution in [2.24, 2.45) is 0 Å². The smallest absolute Gasteiger partial charge is 0.241 e. The van der Waals surface area contributed by atoms with E-state index < -0.39 is 6.04 Å². The van der Waals surface area contributed by atoms with Gasteiger partial charge in [-0.3, -0.25) is 4.79 Å². The molecule has 0 aliphatic heterocycles. The lowest BCUT2D eigenvalue weighted by Gasteiger charge is -2.14. The Morgan fingerprint density at radius 2 is 2.25 bits per heavy atom. The van der Waals surface area contributed by atoms with E-state index in [1.807, 2.05) is 6.07 Å². The van der Waals surface area contributed by atoms with E-state index in [0.717, 1.165) is 0 Å². The van der Waals surface area contributed by atoms with E-state index in [1.165, 1.54) is 0 Å². The van der Waals surface area contributed by atoms with E-state index in [-0.39, 0.29) is 5.91 Å². The molecular weight excluding hydrogens is 226 g/mol. The summed E-state index contributed by atoms with van der Waals surface area (Å²) in [5, 5.41) is 14.9. The fraction of sp³-hybridized carbons (Fsp3) is 0.273. The van der Waals surface area contributed by atoms with Crippen LogP contribution in [0.25, 0.3) is 0 Å². The second kappa shape index (κ2) is 5.38. The fourth-order valence-corrected chi connectivity index (χ4v) is 1.42. The second-order valence-corrected chi connectivity index (χ2v) is 3.72. The Morgan fingerprint density at radius 3 is 2.81 bits per heavy atom. The molecule has 0 heterocycles. The van der Waals surface area contributed by atoms with Crippen LogP contribution in [0.3, 0.4) is 0 Å². The molecule has 4 nitrogen and oxygen atoms in total. The maximum atomic E-state index is 11.3. The first-order valence-electron chi connectivity index (χ1n) is 4.76. The molecule has 1 unspecified atom stereocenters. The number of hydrogen-bond donors (Lipinski definition) is 2. The Balaban J connectivity index is 2.92. The van der Waals surface area contributed by atoms with Gasteiger partial charge in [0.15, 0.2) is 0 Å². The molecule has 0 radical (unpaired) electrons. The number of nitrogens with one attached hydrogen (secondary N) is 2. The van der Waals surface area contributed by atoms with Crippen molar-refractivity contribution in [2.45, 2.75) is 13.0 Å². The molecule has 1 aromatic carbocycles.